The SMILES string of the molecule is Cn1nccc1S(=O)(=O)C(C)(F)C1CCN(C(=O)Nc2ccnnc2)CC1. The van der Waals surface area contributed by atoms with Crippen LogP contribution in [-0.4, -0.2) is 57.4 Å². The van der Waals surface area contributed by atoms with E-state index in [-0.39, 0.29) is 37.0 Å². The number of nitrogens with one attached hydrogen (secondary N) is 1. The fraction of sp³-hybridized carbons (Fsp3) is 0.500. The van der Waals surface area contributed by atoms with Crippen LogP contribution in [-0.2, 0) is 16.9 Å². The molecule has 1 unspecified atom stereocenters. The zero-order valence-electron chi connectivity index (χ0n) is 15.0. The van der Waals surface area contributed by atoms with E-state index in [1.165, 1.54) is 36.6 Å². The van der Waals surface area contributed by atoms with Crippen LogP contribution in [0.3, 0.4) is 0 Å². The van der Waals surface area contributed by atoms with Crippen molar-refractivity contribution in [1.29, 1.82) is 0 Å². The Morgan fingerprint density at radius 3 is 2.52 bits per heavy atom. The summed E-state index contributed by atoms with van der Waals surface area (Å²) >= 11 is 0. The van der Waals surface area contributed by atoms with E-state index in [0.29, 0.717) is 5.69 Å². The Hall–Kier alpha value is -2.56. The first-order valence-electron chi connectivity index (χ1n) is 8.47. The average Bonchev–Trinajstić information content (AvgIpc) is 3.09. The number of amides is 2. The third kappa shape index (κ3) is 3.64. The highest BCUT2D eigenvalue weighted by Gasteiger charge is 2.49. The standard InChI is InChI=1S/C16H21FN6O3S/c1-16(17,27(25,26)14-4-8-20-22(14)2)12-5-9-23(10-6-12)15(24)21-13-3-7-18-19-11-13/h3-4,7-8,11-12H,5-6,9-10H2,1-2H3,(H,18,21,24). The van der Waals surface area contributed by atoms with Gasteiger partial charge in [0.2, 0.25) is 14.8 Å². The molecule has 0 spiro atoms. The first-order valence-corrected chi connectivity index (χ1v) is 9.96. The number of nitrogens with zero attached hydrogens (tertiary/aromatic N) is 5. The topological polar surface area (TPSA) is 110 Å². The molecule has 0 aromatic carbocycles. The quantitative estimate of drug-likeness (QED) is 0.841. The van der Waals surface area contributed by atoms with Crippen molar-refractivity contribution in [1.82, 2.24) is 24.9 Å². The summed E-state index contributed by atoms with van der Waals surface area (Å²) in [5.41, 5.74) is 0.506. The molecule has 1 N–H and O–H groups in total. The summed E-state index contributed by atoms with van der Waals surface area (Å²) < 4.78 is 42.1. The Labute approximate surface area is 156 Å². The molecule has 0 bridgehead atoms. The van der Waals surface area contributed by atoms with E-state index in [9.17, 15) is 13.2 Å². The summed E-state index contributed by atoms with van der Waals surface area (Å²) in [5.74, 6) is -0.718. The van der Waals surface area contributed by atoms with Crippen LogP contribution in [0.4, 0.5) is 14.9 Å². The molecule has 0 radical (unpaired) electrons. The third-order valence-electron chi connectivity index (χ3n) is 4.92. The zero-order chi connectivity index (χ0) is 19.7. The van der Waals surface area contributed by atoms with Gasteiger partial charge < -0.3 is 10.2 Å². The average molecular weight is 396 g/mol. The number of urea groups is 1. The minimum Gasteiger partial charge on any atom is -0.325 e. The van der Waals surface area contributed by atoms with E-state index >= 15 is 4.39 Å². The molecule has 2 aromatic heterocycles. The lowest BCUT2D eigenvalue weighted by molar-refractivity contribution is 0.117. The van der Waals surface area contributed by atoms with Crippen LogP contribution >= 0.6 is 0 Å². The molecule has 2 aromatic rings. The number of aryl methyl sites for hydroxylation is 1. The van der Waals surface area contributed by atoms with Crippen molar-refractivity contribution in [2.24, 2.45) is 13.0 Å². The number of piperidine rings is 1. The second-order valence-corrected chi connectivity index (χ2v) is 8.83. The summed E-state index contributed by atoms with van der Waals surface area (Å²) in [6.07, 6.45) is 4.69. The van der Waals surface area contributed by atoms with Crippen molar-refractivity contribution in [2.45, 2.75) is 29.8 Å². The molecule has 146 valence electrons. The summed E-state index contributed by atoms with van der Waals surface area (Å²) in [6, 6.07) is 2.56. The van der Waals surface area contributed by atoms with E-state index in [1.54, 1.807) is 6.07 Å². The zero-order valence-corrected chi connectivity index (χ0v) is 15.9. The Kier molecular flexibility index (Phi) is 5.13. The second-order valence-electron chi connectivity index (χ2n) is 6.60. The number of anilines is 1. The Morgan fingerprint density at radius 2 is 1.96 bits per heavy atom. The van der Waals surface area contributed by atoms with Crippen molar-refractivity contribution in [3.05, 3.63) is 30.7 Å². The first kappa shape index (κ1) is 19.2. The molecule has 3 rings (SSSR count). The fourth-order valence-electron chi connectivity index (χ4n) is 3.21. The number of hydrogen-bond acceptors (Lipinski definition) is 6. The van der Waals surface area contributed by atoms with Crippen molar-refractivity contribution in [2.75, 3.05) is 18.4 Å². The van der Waals surface area contributed by atoms with Gasteiger partial charge in [-0.05, 0) is 31.9 Å². The van der Waals surface area contributed by atoms with Gasteiger partial charge in [0.1, 0.15) is 0 Å². The second kappa shape index (κ2) is 7.22. The molecule has 1 fully saturated rings. The summed E-state index contributed by atoms with van der Waals surface area (Å²) in [4.78, 5) is 13.8. The Bertz CT molecular complexity index is 907. The molecular formula is C16H21FN6O3S. The Morgan fingerprint density at radius 1 is 1.26 bits per heavy atom. The van der Waals surface area contributed by atoms with E-state index in [1.807, 2.05) is 0 Å². The van der Waals surface area contributed by atoms with Gasteiger partial charge in [-0.1, -0.05) is 0 Å². The smallest absolute Gasteiger partial charge is 0.321 e. The summed E-state index contributed by atoms with van der Waals surface area (Å²) in [5, 5.41) is 11.2. The number of aromatic nitrogens is 4. The molecule has 1 saturated heterocycles. The number of carbonyl (C=O) groups is 1. The van der Waals surface area contributed by atoms with E-state index < -0.39 is 20.8 Å². The molecule has 9 nitrogen and oxygen atoms in total. The van der Waals surface area contributed by atoms with E-state index in [0.717, 1.165) is 11.6 Å². The number of rotatable bonds is 4. The van der Waals surface area contributed by atoms with Gasteiger partial charge in [0.25, 0.3) is 0 Å². The lowest BCUT2D eigenvalue weighted by Gasteiger charge is -2.37. The molecule has 1 atom stereocenters. The molecule has 11 heteroatoms. The maximum absolute atomic E-state index is 15.4. The van der Waals surface area contributed by atoms with Crippen molar-refractivity contribution >= 4 is 21.6 Å². The number of alkyl halides is 1. The van der Waals surface area contributed by atoms with E-state index in [4.69, 9.17) is 0 Å². The predicted molar refractivity (Wildman–Crippen MR) is 95.3 cm³/mol. The molecule has 1 aliphatic rings. The van der Waals surface area contributed by atoms with Crippen LogP contribution in [0.5, 0.6) is 0 Å². The van der Waals surface area contributed by atoms with Gasteiger partial charge in [0.15, 0.2) is 5.03 Å². The van der Waals surface area contributed by atoms with Gasteiger partial charge >= 0.3 is 6.03 Å². The lowest BCUT2D eigenvalue weighted by Crippen LogP contribution is -2.48. The fourth-order valence-corrected chi connectivity index (χ4v) is 4.93. The predicted octanol–water partition coefficient (Wildman–Crippen LogP) is 1.61. The van der Waals surface area contributed by atoms with Crippen LogP contribution in [0.2, 0.25) is 0 Å². The normalized spacial score (nSPS) is 18.1. The minimum atomic E-state index is -4.21. The molecule has 1 aliphatic heterocycles. The van der Waals surface area contributed by atoms with Crippen LogP contribution in [0, 0.1) is 5.92 Å². The minimum absolute atomic E-state index is 0.155. The van der Waals surface area contributed by atoms with Crippen LogP contribution in [0.25, 0.3) is 0 Å². The number of sulfone groups is 1. The molecule has 0 aliphatic carbocycles. The molecular weight excluding hydrogens is 375 g/mol. The molecule has 2 amide bonds. The third-order valence-corrected chi connectivity index (χ3v) is 7.26. The highest BCUT2D eigenvalue weighted by molar-refractivity contribution is 7.92. The first-order chi connectivity index (χ1) is 12.7. The number of hydrogen-bond donors (Lipinski definition) is 1. The monoisotopic (exact) mass is 396 g/mol. The number of carbonyl (C=O) groups excluding carboxylic acids is 1. The van der Waals surface area contributed by atoms with Crippen LogP contribution < -0.4 is 5.32 Å². The number of likely N-dealkylation sites (tertiary alicyclic amines) is 1. The summed E-state index contributed by atoms with van der Waals surface area (Å²) in [6.45, 7) is 1.61. The van der Waals surface area contributed by atoms with Crippen molar-refractivity contribution in [3.63, 3.8) is 0 Å². The van der Waals surface area contributed by atoms with E-state index in [2.05, 4.69) is 20.6 Å². The highest BCUT2D eigenvalue weighted by atomic mass is 32.2. The molecule has 27 heavy (non-hydrogen) atoms. The van der Waals surface area contributed by atoms with Gasteiger partial charge in [-0.15, -0.1) is 0 Å². The van der Waals surface area contributed by atoms with Gasteiger partial charge in [0.05, 0.1) is 24.3 Å². The maximum Gasteiger partial charge on any atom is 0.321 e. The van der Waals surface area contributed by atoms with Gasteiger partial charge in [-0.2, -0.15) is 15.3 Å². The van der Waals surface area contributed by atoms with Gasteiger partial charge in [-0.25, -0.2) is 17.6 Å². The largest absolute Gasteiger partial charge is 0.325 e. The van der Waals surface area contributed by atoms with Crippen LogP contribution in [0.15, 0.2) is 35.7 Å². The van der Waals surface area contributed by atoms with Crippen molar-refractivity contribution in [3.8, 4) is 0 Å². The lowest BCUT2D eigenvalue weighted by atomic mass is 9.92. The van der Waals surface area contributed by atoms with Crippen molar-refractivity contribution < 1.29 is 17.6 Å². The van der Waals surface area contributed by atoms with Gasteiger partial charge in [0, 0.05) is 26.1 Å². The van der Waals surface area contributed by atoms with Crippen LogP contribution in [0.1, 0.15) is 19.8 Å². The molecule has 3 heterocycles. The molecule has 0 saturated carbocycles. The maximum atomic E-state index is 15.4. The summed E-state index contributed by atoms with van der Waals surface area (Å²) in [7, 11) is -2.75. The number of halogens is 1. The Balaban J connectivity index is 1.66. The van der Waals surface area contributed by atoms with Gasteiger partial charge in [-0.3, -0.25) is 4.68 Å². The highest BCUT2D eigenvalue weighted by Crippen LogP contribution is 2.39.